The number of piperidine rings is 1. The number of nitrogens with one attached hydrogen (secondary N) is 1. The summed E-state index contributed by atoms with van der Waals surface area (Å²) in [7, 11) is -3.46. The van der Waals surface area contributed by atoms with Gasteiger partial charge in [0.15, 0.2) is 0 Å². The van der Waals surface area contributed by atoms with Gasteiger partial charge in [0.25, 0.3) is 10.2 Å². The monoisotopic (exact) mass is 448 g/mol. The van der Waals surface area contributed by atoms with Gasteiger partial charge in [-0.2, -0.15) is 17.0 Å². The predicted molar refractivity (Wildman–Crippen MR) is 119 cm³/mol. The summed E-state index contributed by atoms with van der Waals surface area (Å²) >= 11 is 0. The van der Waals surface area contributed by atoms with E-state index in [0.29, 0.717) is 52.0 Å². The van der Waals surface area contributed by atoms with Gasteiger partial charge in [0.05, 0.1) is 5.92 Å². The molecule has 2 saturated heterocycles. The third-order valence-electron chi connectivity index (χ3n) is 6.58. The maximum atomic E-state index is 12.8. The fourth-order valence-corrected chi connectivity index (χ4v) is 6.57. The lowest BCUT2D eigenvalue weighted by atomic mass is 9.98. The topological polar surface area (TPSA) is 90.0 Å². The molecule has 0 spiro atoms. The Kier molecular flexibility index (Phi) is 6.64. The van der Waals surface area contributed by atoms with Gasteiger partial charge >= 0.3 is 0 Å². The van der Waals surface area contributed by atoms with E-state index < -0.39 is 10.2 Å². The van der Waals surface area contributed by atoms with E-state index in [0.717, 1.165) is 36.1 Å². The van der Waals surface area contributed by atoms with Crippen molar-refractivity contribution >= 4 is 27.7 Å². The molecule has 9 heteroatoms. The molecule has 0 radical (unpaired) electrons. The second-order valence-corrected chi connectivity index (χ2v) is 10.6. The fourth-order valence-electron chi connectivity index (χ4n) is 4.80. The van der Waals surface area contributed by atoms with E-state index in [-0.39, 0.29) is 24.3 Å². The summed E-state index contributed by atoms with van der Waals surface area (Å²) in [5.74, 6) is -0.284. The molecule has 1 N–H and O–H groups in total. The van der Waals surface area contributed by atoms with Crippen LogP contribution in [0.25, 0.3) is 0 Å². The van der Waals surface area contributed by atoms with Crippen LogP contribution >= 0.6 is 0 Å². The van der Waals surface area contributed by atoms with Crippen LogP contribution in [0.3, 0.4) is 0 Å². The van der Waals surface area contributed by atoms with Crippen molar-refractivity contribution < 1.29 is 18.0 Å². The van der Waals surface area contributed by atoms with Crippen molar-refractivity contribution in [3.8, 4) is 0 Å². The van der Waals surface area contributed by atoms with E-state index in [1.807, 2.05) is 24.0 Å². The summed E-state index contributed by atoms with van der Waals surface area (Å²) < 4.78 is 28.7. The summed E-state index contributed by atoms with van der Waals surface area (Å²) in [6.45, 7) is 4.88. The lowest BCUT2D eigenvalue weighted by Gasteiger charge is -2.33. The minimum absolute atomic E-state index is 0.0930. The van der Waals surface area contributed by atoms with Gasteiger partial charge in [-0.25, -0.2) is 0 Å². The number of hydrogen-bond acceptors (Lipinski definition) is 4. The van der Waals surface area contributed by atoms with Gasteiger partial charge in [-0.3, -0.25) is 9.59 Å². The van der Waals surface area contributed by atoms with Gasteiger partial charge in [0.1, 0.15) is 0 Å². The number of benzene rings is 1. The quantitative estimate of drug-likeness (QED) is 0.717. The molecule has 0 aliphatic carbocycles. The molecule has 1 atom stereocenters. The van der Waals surface area contributed by atoms with Gasteiger partial charge in [-0.15, -0.1) is 0 Å². The molecule has 0 aromatic heterocycles. The summed E-state index contributed by atoms with van der Waals surface area (Å²) in [6, 6.07) is 5.97. The normalized spacial score (nSPS) is 22.5. The molecule has 0 saturated carbocycles. The third-order valence-corrected chi connectivity index (χ3v) is 8.58. The second-order valence-electron chi connectivity index (χ2n) is 8.64. The average molecular weight is 449 g/mol. The van der Waals surface area contributed by atoms with E-state index >= 15 is 0 Å². The largest absolute Gasteiger partial charge is 0.352 e. The van der Waals surface area contributed by atoms with Crippen molar-refractivity contribution in [1.82, 2.24) is 13.9 Å². The average Bonchev–Trinajstić information content (AvgIpc) is 3.47. The molecular formula is C22H32N4O4S. The SMILES string of the molecule is CCC(=O)N1CCc2cc(CNC(=O)[C@H]3CCCN(S(=O)(=O)N4CCCC4)C3)ccc21. The minimum atomic E-state index is -3.46. The zero-order chi connectivity index (χ0) is 22.0. The number of carbonyl (C=O) groups is 2. The van der Waals surface area contributed by atoms with Crippen molar-refractivity contribution in [3.05, 3.63) is 29.3 Å². The Labute approximate surface area is 184 Å². The Bertz CT molecular complexity index is 943. The molecule has 0 unspecified atom stereocenters. The van der Waals surface area contributed by atoms with Gasteiger partial charge in [-0.05, 0) is 49.3 Å². The highest BCUT2D eigenvalue weighted by atomic mass is 32.2. The number of hydrogen-bond donors (Lipinski definition) is 1. The molecule has 3 heterocycles. The van der Waals surface area contributed by atoms with E-state index in [2.05, 4.69) is 11.4 Å². The molecule has 8 nitrogen and oxygen atoms in total. The Morgan fingerprint density at radius 2 is 1.81 bits per heavy atom. The molecular weight excluding hydrogens is 416 g/mol. The lowest BCUT2D eigenvalue weighted by molar-refractivity contribution is -0.126. The third kappa shape index (κ3) is 4.63. The number of fused-ring (bicyclic) bond motifs is 1. The molecule has 3 aliphatic heterocycles. The summed E-state index contributed by atoms with van der Waals surface area (Å²) in [5.41, 5.74) is 3.10. The Morgan fingerprint density at radius 1 is 1.06 bits per heavy atom. The number of rotatable bonds is 6. The highest BCUT2D eigenvalue weighted by Gasteiger charge is 2.36. The first-order chi connectivity index (χ1) is 14.9. The van der Waals surface area contributed by atoms with Gasteiger partial charge in [0, 0.05) is 51.4 Å². The lowest BCUT2D eigenvalue weighted by Crippen LogP contribution is -2.49. The van der Waals surface area contributed by atoms with Crippen LogP contribution in [0.1, 0.15) is 50.2 Å². The molecule has 1 aromatic carbocycles. The van der Waals surface area contributed by atoms with Crippen LogP contribution in [-0.2, 0) is 32.8 Å². The smallest absolute Gasteiger partial charge is 0.281 e. The van der Waals surface area contributed by atoms with Crippen LogP contribution < -0.4 is 10.2 Å². The standard InChI is InChI=1S/C22H32N4O4S/c1-2-21(27)26-13-9-18-14-17(7-8-20(18)26)15-23-22(28)19-6-5-12-25(16-19)31(29,30)24-10-3-4-11-24/h7-8,14,19H,2-6,9-13,15-16H2,1H3,(H,23,28)/t19-/m0/s1. The fraction of sp³-hybridized carbons (Fsp3) is 0.636. The first kappa shape index (κ1) is 22.2. The molecule has 2 fully saturated rings. The molecule has 0 bridgehead atoms. The van der Waals surface area contributed by atoms with Crippen LogP contribution in [-0.4, -0.2) is 61.6 Å². The Morgan fingerprint density at radius 3 is 2.55 bits per heavy atom. The van der Waals surface area contributed by atoms with Gasteiger partial charge in [0.2, 0.25) is 11.8 Å². The first-order valence-corrected chi connectivity index (χ1v) is 12.7. The maximum absolute atomic E-state index is 12.8. The number of anilines is 1. The van der Waals surface area contributed by atoms with E-state index in [4.69, 9.17) is 0 Å². The Hall–Kier alpha value is -1.97. The zero-order valence-electron chi connectivity index (χ0n) is 18.2. The summed E-state index contributed by atoms with van der Waals surface area (Å²) in [6.07, 6.45) is 4.53. The van der Waals surface area contributed by atoms with Crippen LogP contribution in [0.15, 0.2) is 18.2 Å². The summed E-state index contributed by atoms with van der Waals surface area (Å²) in [4.78, 5) is 26.7. The van der Waals surface area contributed by atoms with Crippen LogP contribution in [0.4, 0.5) is 5.69 Å². The summed E-state index contributed by atoms with van der Waals surface area (Å²) in [5, 5.41) is 2.99. The van der Waals surface area contributed by atoms with Crippen LogP contribution in [0, 0.1) is 5.92 Å². The molecule has 4 rings (SSSR count). The predicted octanol–water partition coefficient (Wildman–Crippen LogP) is 1.65. The molecule has 31 heavy (non-hydrogen) atoms. The minimum Gasteiger partial charge on any atom is -0.352 e. The van der Waals surface area contributed by atoms with Crippen molar-refractivity contribution in [2.75, 3.05) is 37.6 Å². The highest BCUT2D eigenvalue weighted by Crippen LogP contribution is 2.29. The number of amides is 2. The van der Waals surface area contributed by atoms with E-state index in [9.17, 15) is 18.0 Å². The van der Waals surface area contributed by atoms with Crippen LogP contribution in [0.2, 0.25) is 0 Å². The maximum Gasteiger partial charge on any atom is 0.281 e. The number of nitrogens with zero attached hydrogens (tertiary/aromatic N) is 3. The van der Waals surface area contributed by atoms with Crippen molar-refractivity contribution in [3.63, 3.8) is 0 Å². The Balaban J connectivity index is 1.34. The van der Waals surface area contributed by atoms with Crippen molar-refractivity contribution in [1.29, 1.82) is 0 Å². The van der Waals surface area contributed by atoms with Crippen LogP contribution in [0.5, 0.6) is 0 Å². The highest BCUT2D eigenvalue weighted by molar-refractivity contribution is 7.86. The molecule has 170 valence electrons. The molecule has 3 aliphatic rings. The van der Waals surface area contributed by atoms with Crippen molar-refractivity contribution in [2.24, 2.45) is 5.92 Å². The molecule has 1 aromatic rings. The number of carbonyl (C=O) groups excluding carboxylic acids is 2. The second kappa shape index (κ2) is 9.26. The van der Waals surface area contributed by atoms with E-state index in [1.54, 1.807) is 4.31 Å². The first-order valence-electron chi connectivity index (χ1n) is 11.3. The molecule has 2 amide bonds. The van der Waals surface area contributed by atoms with Gasteiger partial charge < -0.3 is 10.2 Å². The van der Waals surface area contributed by atoms with Gasteiger partial charge in [-0.1, -0.05) is 19.1 Å². The van der Waals surface area contributed by atoms with Crippen molar-refractivity contribution in [2.45, 2.75) is 52.0 Å². The zero-order valence-corrected chi connectivity index (χ0v) is 19.0. The van der Waals surface area contributed by atoms with E-state index in [1.165, 1.54) is 4.31 Å².